The third-order valence-corrected chi connectivity index (χ3v) is 23.3. The number of carbonyl (C=O) groups excluding carboxylic acids is 4. The van der Waals surface area contributed by atoms with Gasteiger partial charge >= 0.3 is 29.9 Å². The third-order valence-electron chi connectivity index (χ3n) is 23.3. The minimum absolute atomic E-state index is 0.0711. The van der Waals surface area contributed by atoms with Crippen LogP contribution >= 0.6 is 0 Å². The molecule has 0 bridgehead atoms. The predicted molar refractivity (Wildman–Crippen MR) is 528 cm³/mol. The largest absolute Gasteiger partial charge is 0.476 e. The van der Waals surface area contributed by atoms with E-state index in [1.54, 1.807) is 70.6 Å². The van der Waals surface area contributed by atoms with Crippen LogP contribution in [0.15, 0.2) is 137 Å². The van der Waals surface area contributed by atoms with Crippen molar-refractivity contribution < 1.29 is 62.2 Å². The van der Waals surface area contributed by atoms with Crippen molar-refractivity contribution in [3.63, 3.8) is 0 Å². The summed E-state index contributed by atoms with van der Waals surface area (Å²) in [6.07, 6.45) is 12.2. The van der Waals surface area contributed by atoms with Gasteiger partial charge in [-0.2, -0.15) is 25.5 Å². The van der Waals surface area contributed by atoms with E-state index in [1.165, 1.54) is 53.1 Å². The third kappa shape index (κ3) is 28.8. The first-order valence-electron chi connectivity index (χ1n) is 46.5. The summed E-state index contributed by atoms with van der Waals surface area (Å²) >= 11 is 0. The number of aromatic nitrogens is 13. The van der Waals surface area contributed by atoms with E-state index in [0.717, 1.165) is 252 Å². The summed E-state index contributed by atoms with van der Waals surface area (Å²) < 4.78 is 38.6. The Labute approximate surface area is 801 Å². The van der Waals surface area contributed by atoms with Crippen LogP contribution in [0.1, 0.15) is 139 Å². The Balaban J connectivity index is 0.000000127. The number of aliphatic imine (C=N–C) groups is 2. The number of hydrogen-bond acceptors (Lipinski definition) is 31. The van der Waals surface area contributed by atoms with Crippen molar-refractivity contribution in [2.75, 3.05) is 176 Å². The molecular weight excluding hydrogens is 1790 g/mol. The Morgan fingerprint density at radius 3 is 1.35 bits per heavy atom. The molecule has 738 valence electrons. The zero-order chi connectivity index (χ0) is 97.7. The molecule has 5 saturated heterocycles. The van der Waals surface area contributed by atoms with Crippen molar-refractivity contribution in [2.45, 2.75) is 136 Å². The van der Waals surface area contributed by atoms with Crippen LogP contribution in [-0.2, 0) is 78.7 Å². The molecule has 21 rings (SSSR count). The highest BCUT2D eigenvalue weighted by molar-refractivity contribution is 6.11. The van der Waals surface area contributed by atoms with Crippen LogP contribution in [0.5, 0.6) is 0 Å². The molecule has 14 heterocycles. The average molecular weight is 1910 g/mol. The van der Waals surface area contributed by atoms with Gasteiger partial charge in [-0.05, 0) is 155 Å². The molecular formula is C95H124N30O14. The fourth-order valence-electron chi connectivity index (χ4n) is 15.8. The minimum atomic E-state index is -1.21. The normalized spacial score (nSPS) is 16.8. The van der Waals surface area contributed by atoms with E-state index in [2.05, 4.69) is 159 Å². The zero-order valence-electron chi connectivity index (χ0n) is 79.0. The smallest absolute Gasteiger partial charge is 0.412 e. The van der Waals surface area contributed by atoms with Gasteiger partial charge in [-0.15, -0.1) is 0 Å². The first-order valence-corrected chi connectivity index (χ1v) is 46.5. The molecule has 0 atom stereocenters. The highest BCUT2D eigenvalue weighted by atomic mass is 16.6. The van der Waals surface area contributed by atoms with E-state index in [9.17, 15) is 28.8 Å². The van der Waals surface area contributed by atoms with Gasteiger partial charge in [0.25, 0.3) is 5.91 Å². The second-order valence-electron chi connectivity index (χ2n) is 36.8. The molecule has 0 unspecified atom stereocenters. The number of rotatable bonds is 19. The number of benzene rings is 5. The number of imidazole rings is 1. The van der Waals surface area contributed by atoms with Crippen LogP contribution in [0.4, 0.5) is 71.3 Å². The monoisotopic (exact) mass is 1910 g/mol. The lowest BCUT2D eigenvalue weighted by Gasteiger charge is -2.26. The first-order chi connectivity index (χ1) is 67.0. The highest BCUT2D eigenvalue weighted by Crippen LogP contribution is 2.35. The fourth-order valence-corrected chi connectivity index (χ4v) is 15.8. The van der Waals surface area contributed by atoms with Crippen molar-refractivity contribution in [2.24, 2.45) is 15.7 Å². The first kappa shape index (κ1) is 99.4. The number of hydrogen-bond donors (Lipinski definition) is 17. The second-order valence-corrected chi connectivity index (χ2v) is 36.8. The van der Waals surface area contributed by atoms with Crippen LogP contribution in [0, 0.1) is 0 Å². The minimum Gasteiger partial charge on any atom is -0.476 e. The van der Waals surface area contributed by atoms with Crippen LogP contribution in [0.25, 0.3) is 27.7 Å². The molecule has 7 aromatic heterocycles. The number of nitrogens with zero attached hydrogens (tertiary/aromatic N) is 14. The summed E-state index contributed by atoms with van der Waals surface area (Å²) in [7, 11) is 0. The molecule has 44 nitrogen and oxygen atoms in total. The van der Waals surface area contributed by atoms with Gasteiger partial charge in [0.2, 0.25) is 0 Å². The number of morpholine rings is 5. The van der Waals surface area contributed by atoms with Crippen LogP contribution in [-0.4, -0.2) is 291 Å². The molecule has 0 radical (unpaired) electrons. The summed E-state index contributed by atoms with van der Waals surface area (Å²) in [5.74, 6) is -1.69. The second kappa shape index (κ2) is 46.4. The van der Waals surface area contributed by atoms with Gasteiger partial charge in [-0.1, -0.05) is 42.5 Å². The molecule has 7 fully saturated rings. The Morgan fingerprint density at radius 1 is 0.453 bits per heavy atom. The van der Waals surface area contributed by atoms with Gasteiger partial charge in [0.1, 0.15) is 33.8 Å². The van der Waals surface area contributed by atoms with Crippen LogP contribution in [0.3, 0.4) is 0 Å². The Kier molecular flexibility index (Phi) is 33.2. The standard InChI is InChI=1S/C20H28N6O4.C20H24N6O2.C16H16N6O2.C16H19N5O.C11H17N3O.C9H13N3O4.C3H7N/c1-20(2,3)30-19(28)24-16-11-22-25-17(16)18(27)23-15-5-4-13(10-14(15)21)12-26-6-8-29-9-7-26;27-20(22-15-2-3-15)24-18-11-21-25-19(18)17-10-14-9-13(1-4-16(14)23-17)12-26-5-7-28-8-6-26;23-16-19-12-8-17-20-14(12)15-18-11-2-1-10(7-13(11)22(15)16)9-21-3-5-24-6-4-21;17-13-9-18-20-16(13)15-8-12-7-11(1-2-14(12)19-15)10-21-3-5-22-6-4-21;12-10-2-1-9(7-11(10)13)8-14-3-5-15-6-4-14;1-9(2,3)16-8(15)11-5-4-10-12-6(5)7(13)14;4-3-1-2-3/h4-5,10-11H,6-9,12,21H2,1-3H3,(H,22,25)(H,23,27)(H,24,28);1,4,9,11,15H,2-3,5-8,10,12H2,(H,21,25)(H2,22,24,27);1-2,7-8H,3-6,9H2,(H,17,20)(H,19,23);1-2,7,9H,3-6,8,10,17H2,(H,18,20);1-2,7H,3-6,8,12-13H2;4H,1-3H3,(H,10,12)(H,11,15)(H,13,14);3H,1-2,4H2. The lowest BCUT2D eigenvalue weighted by atomic mass is 10.0. The number of aromatic amines is 6. The van der Waals surface area contributed by atoms with Crippen LogP contribution < -0.4 is 60.9 Å². The Bertz CT molecular complexity index is 6340. The molecule has 0 spiro atoms. The molecule has 5 amide bonds. The number of H-pyrrole nitrogens is 6. The maximum absolute atomic E-state index is 12.7. The number of carbonyl (C=O) groups is 5. The van der Waals surface area contributed by atoms with Crippen molar-refractivity contribution in [1.29, 1.82) is 0 Å². The number of carboxylic acids is 1. The summed E-state index contributed by atoms with van der Waals surface area (Å²) in [6.45, 7) is 32.3. The lowest BCUT2D eigenvalue weighted by molar-refractivity contribution is 0.0341. The molecule has 2 aliphatic carbocycles. The van der Waals surface area contributed by atoms with Gasteiger partial charge in [0.15, 0.2) is 11.3 Å². The molecule has 5 aromatic carbocycles. The maximum atomic E-state index is 12.7. The molecule has 2 saturated carbocycles. The van der Waals surface area contributed by atoms with Crippen molar-refractivity contribution in [3.05, 3.63) is 194 Å². The summed E-state index contributed by atoms with van der Waals surface area (Å²) in [6, 6.07) is 31.2. The summed E-state index contributed by atoms with van der Waals surface area (Å²) in [4.78, 5) is 99.9. The number of ether oxygens (including phenoxy) is 7. The summed E-state index contributed by atoms with van der Waals surface area (Å²) in [5, 5.41) is 55.2. The SMILES string of the molecule is CC(C)(C)OC(=O)Nc1cn[nH]c1C(=O)Nc1ccc(CN2CCOCC2)cc1N.CC(C)(C)OC(=O)Nc1cn[nH]c1C(=O)O.NC1CC1.Nc1ccc(CN2CCOCC2)cc1N.Nc1cn[nH]c1C1=Nc2ccc(CN3CCOCC3)cc2C1.O=C(Nc1cn[nH]c1C1=Nc2ccc(CN3CCOCC3)cc2C1)NC1CC1.O=c1[nH]c2cn[nH]c2c2nc3ccc(CN4CCOCC4)cc3n12. The number of carboxylic acid groups (broad SMARTS) is 1. The number of nitrogens with one attached hydrogen (secondary N) is 11. The van der Waals surface area contributed by atoms with Crippen molar-refractivity contribution >= 4 is 126 Å². The molecule has 139 heavy (non-hydrogen) atoms. The topological polar surface area (TPSA) is 595 Å². The van der Waals surface area contributed by atoms with Crippen molar-refractivity contribution in [3.8, 4) is 0 Å². The number of fused-ring (bicyclic) bond motifs is 7. The molecule has 12 aromatic rings. The lowest BCUT2D eigenvalue weighted by Crippen LogP contribution is -2.35. The highest BCUT2D eigenvalue weighted by Gasteiger charge is 2.30. The molecule has 44 heteroatoms. The quantitative estimate of drug-likeness (QED) is 0.0335. The van der Waals surface area contributed by atoms with E-state index in [4.69, 9.17) is 71.9 Å². The van der Waals surface area contributed by atoms with E-state index in [-0.39, 0.29) is 34.5 Å². The number of amides is 5. The molecule has 7 aliphatic heterocycles. The van der Waals surface area contributed by atoms with Gasteiger partial charge in [-0.3, -0.25) is 75.4 Å². The van der Waals surface area contributed by atoms with Gasteiger partial charge in [-0.25, -0.2) is 33.4 Å². The Hall–Kier alpha value is -14.1. The predicted octanol–water partition coefficient (Wildman–Crippen LogP) is 9.26. The fraction of sp³-hybridized carbons (Fsp3) is 0.432. The van der Waals surface area contributed by atoms with E-state index < -0.39 is 35.3 Å². The van der Waals surface area contributed by atoms with E-state index in [1.807, 2.05) is 42.5 Å². The van der Waals surface area contributed by atoms with E-state index >= 15 is 0 Å². The summed E-state index contributed by atoms with van der Waals surface area (Å²) in [5.41, 5.74) is 48.6. The number of nitrogen functional groups attached to an aromatic ring is 4. The molecule has 22 N–H and O–H groups in total. The van der Waals surface area contributed by atoms with Crippen LogP contribution in [0.2, 0.25) is 0 Å². The van der Waals surface area contributed by atoms with Gasteiger partial charge in [0, 0.05) is 123 Å². The molecule has 9 aliphatic rings. The number of nitrogens with two attached hydrogens (primary N) is 5. The van der Waals surface area contributed by atoms with Crippen molar-refractivity contribution in [1.82, 2.24) is 95.2 Å². The Morgan fingerprint density at radius 2 is 0.878 bits per heavy atom. The number of aromatic carboxylic acids is 1. The number of anilines is 8. The maximum Gasteiger partial charge on any atom is 0.412 e. The van der Waals surface area contributed by atoms with Gasteiger partial charge < -0.3 is 87.9 Å². The number of urea groups is 1. The average Bonchev–Trinajstić information content (AvgIpc) is 1.59. The zero-order valence-corrected chi connectivity index (χ0v) is 79.0. The van der Waals surface area contributed by atoms with E-state index in [0.29, 0.717) is 57.4 Å². The van der Waals surface area contributed by atoms with Gasteiger partial charge in [0.05, 0.1) is 182 Å².